The van der Waals surface area contributed by atoms with Crippen molar-refractivity contribution in [1.29, 1.82) is 0 Å². The fourth-order valence-electron chi connectivity index (χ4n) is 3.82. The van der Waals surface area contributed by atoms with Crippen molar-refractivity contribution < 1.29 is 23.8 Å². The number of pyridine rings is 2. The molecule has 4 aromatic rings. The van der Waals surface area contributed by atoms with E-state index in [9.17, 15) is 9.59 Å². The van der Waals surface area contributed by atoms with E-state index in [1.54, 1.807) is 30.3 Å². The van der Waals surface area contributed by atoms with Crippen molar-refractivity contribution in [3.05, 3.63) is 59.9 Å². The Labute approximate surface area is 221 Å². The standard InChI is InChI=1S/C29H32N4O5/c1-16(2)14-37-24-12-22(31-26-18(24)8-6-10-20(26)30)28(34)33-21-11-7-9-19-25(38-15-17(3)4)13-23(29(35)36-5)32-27(19)21/h6-13,16-17H,14-15,30H2,1-5H3,(H,33,34). The first kappa shape index (κ1) is 26.7. The monoisotopic (exact) mass is 516 g/mol. The number of ether oxygens (including phenoxy) is 3. The summed E-state index contributed by atoms with van der Waals surface area (Å²) in [5.74, 6) is 0.458. The number of nitrogens with one attached hydrogen (secondary N) is 1. The summed E-state index contributed by atoms with van der Waals surface area (Å²) in [6.45, 7) is 9.05. The third-order valence-corrected chi connectivity index (χ3v) is 5.65. The summed E-state index contributed by atoms with van der Waals surface area (Å²) in [4.78, 5) is 34.8. The molecule has 2 aromatic heterocycles. The second-order valence-electron chi connectivity index (χ2n) is 9.81. The topological polar surface area (TPSA) is 126 Å². The Balaban J connectivity index is 1.77. The zero-order valence-electron chi connectivity index (χ0n) is 22.2. The summed E-state index contributed by atoms with van der Waals surface area (Å²) >= 11 is 0. The van der Waals surface area contributed by atoms with Crippen molar-refractivity contribution >= 4 is 45.1 Å². The highest BCUT2D eigenvalue weighted by molar-refractivity contribution is 6.10. The first-order chi connectivity index (χ1) is 18.2. The average molecular weight is 517 g/mol. The largest absolute Gasteiger partial charge is 0.493 e. The molecule has 0 bridgehead atoms. The predicted octanol–water partition coefficient (Wildman–Crippen LogP) is 5.47. The molecule has 2 heterocycles. The van der Waals surface area contributed by atoms with Gasteiger partial charge in [-0.15, -0.1) is 0 Å². The Bertz CT molecular complexity index is 1500. The number of para-hydroxylation sites is 2. The van der Waals surface area contributed by atoms with Crippen LogP contribution in [-0.4, -0.2) is 42.2 Å². The molecule has 3 N–H and O–H groups in total. The zero-order valence-corrected chi connectivity index (χ0v) is 22.2. The van der Waals surface area contributed by atoms with Gasteiger partial charge in [-0.3, -0.25) is 4.79 Å². The molecule has 0 atom stereocenters. The highest BCUT2D eigenvalue weighted by Crippen LogP contribution is 2.33. The maximum atomic E-state index is 13.5. The molecule has 2 aromatic carbocycles. The van der Waals surface area contributed by atoms with Crippen molar-refractivity contribution in [1.82, 2.24) is 9.97 Å². The van der Waals surface area contributed by atoms with E-state index >= 15 is 0 Å². The quantitative estimate of drug-likeness (QED) is 0.221. The Kier molecular flexibility index (Phi) is 7.95. The molecule has 4 rings (SSSR count). The highest BCUT2D eigenvalue weighted by atomic mass is 16.5. The number of benzene rings is 2. The van der Waals surface area contributed by atoms with Crippen molar-refractivity contribution in [2.45, 2.75) is 27.7 Å². The van der Waals surface area contributed by atoms with Gasteiger partial charge in [0, 0.05) is 22.9 Å². The molecule has 0 aliphatic rings. The molecule has 0 spiro atoms. The van der Waals surface area contributed by atoms with E-state index in [4.69, 9.17) is 19.9 Å². The lowest BCUT2D eigenvalue weighted by Crippen LogP contribution is -2.16. The van der Waals surface area contributed by atoms with Crippen LogP contribution in [0.1, 0.15) is 48.7 Å². The van der Waals surface area contributed by atoms with E-state index < -0.39 is 11.9 Å². The summed E-state index contributed by atoms with van der Waals surface area (Å²) in [5, 5.41) is 4.26. The molecule has 9 heteroatoms. The van der Waals surface area contributed by atoms with Gasteiger partial charge in [0.05, 0.1) is 42.7 Å². The Morgan fingerprint density at radius 3 is 2.00 bits per heavy atom. The highest BCUT2D eigenvalue weighted by Gasteiger charge is 2.19. The average Bonchev–Trinajstić information content (AvgIpc) is 2.90. The Morgan fingerprint density at radius 1 is 0.842 bits per heavy atom. The van der Waals surface area contributed by atoms with E-state index in [2.05, 4.69) is 15.3 Å². The minimum atomic E-state index is -0.610. The van der Waals surface area contributed by atoms with Crippen LogP contribution in [0.25, 0.3) is 21.8 Å². The number of methoxy groups -OCH3 is 1. The number of hydrogen-bond donors (Lipinski definition) is 2. The second-order valence-corrected chi connectivity index (χ2v) is 9.81. The minimum Gasteiger partial charge on any atom is -0.493 e. The van der Waals surface area contributed by atoms with Crippen LogP contribution in [0.4, 0.5) is 11.4 Å². The number of anilines is 2. The predicted molar refractivity (Wildman–Crippen MR) is 148 cm³/mol. The molecule has 198 valence electrons. The molecule has 0 unspecified atom stereocenters. The summed E-state index contributed by atoms with van der Waals surface area (Å²) in [6.07, 6.45) is 0. The molecule has 0 radical (unpaired) electrons. The first-order valence-corrected chi connectivity index (χ1v) is 12.5. The van der Waals surface area contributed by atoms with Gasteiger partial charge in [-0.25, -0.2) is 14.8 Å². The maximum absolute atomic E-state index is 13.5. The molecule has 0 aliphatic carbocycles. The summed E-state index contributed by atoms with van der Waals surface area (Å²) < 4.78 is 16.9. The van der Waals surface area contributed by atoms with Crippen molar-refractivity contribution in [3.8, 4) is 11.5 Å². The number of aromatic nitrogens is 2. The Morgan fingerprint density at radius 2 is 1.39 bits per heavy atom. The number of rotatable bonds is 9. The van der Waals surface area contributed by atoms with Crippen LogP contribution in [0.15, 0.2) is 48.5 Å². The number of nitrogens with two attached hydrogens (primary N) is 1. The molecule has 0 fully saturated rings. The van der Waals surface area contributed by atoms with Crippen molar-refractivity contribution in [3.63, 3.8) is 0 Å². The van der Waals surface area contributed by atoms with Crippen LogP contribution in [-0.2, 0) is 4.74 Å². The number of hydrogen-bond acceptors (Lipinski definition) is 8. The lowest BCUT2D eigenvalue weighted by Gasteiger charge is -2.16. The minimum absolute atomic E-state index is 0.0708. The zero-order chi connectivity index (χ0) is 27.4. The van der Waals surface area contributed by atoms with E-state index in [1.807, 2.05) is 45.9 Å². The third kappa shape index (κ3) is 5.77. The molecule has 38 heavy (non-hydrogen) atoms. The maximum Gasteiger partial charge on any atom is 0.356 e. The van der Waals surface area contributed by atoms with Crippen LogP contribution in [0.3, 0.4) is 0 Å². The van der Waals surface area contributed by atoms with E-state index in [-0.39, 0.29) is 23.2 Å². The number of carbonyl (C=O) groups is 2. The number of carbonyl (C=O) groups excluding carboxylic acids is 2. The van der Waals surface area contributed by atoms with Gasteiger partial charge in [0.25, 0.3) is 5.91 Å². The molecule has 0 saturated carbocycles. The van der Waals surface area contributed by atoms with Gasteiger partial charge >= 0.3 is 5.97 Å². The van der Waals surface area contributed by atoms with Gasteiger partial charge in [-0.05, 0) is 36.1 Å². The molecule has 0 saturated heterocycles. The van der Waals surface area contributed by atoms with Gasteiger partial charge in [-0.1, -0.05) is 39.8 Å². The van der Waals surface area contributed by atoms with Gasteiger partial charge in [-0.2, -0.15) is 0 Å². The number of nitrogen functional groups attached to an aromatic ring is 1. The first-order valence-electron chi connectivity index (χ1n) is 12.5. The number of amides is 1. The number of nitrogens with zero attached hydrogens (tertiary/aromatic N) is 2. The fraction of sp³-hybridized carbons (Fsp3) is 0.310. The fourth-order valence-corrected chi connectivity index (χ4v) is 3.82. The van der Waals surface area contributed by atoms with Crippen LogP contribution >= 0.6 is 0 Å². The van der Waals surface area contributed by atoms with Gasteiger partial charge in [0.2, 0.25) is 0 Å². The SMILES string of the molecule is COC(=O)c1cc(OCC(C)C)c2cccc(NC(=O)c3cc(OCC(C)C)c4cccc(N)c4n3)c2n1. The Hall–Kier alpha value is -4.40. The van der Waals surface area contributed by atoms with Crippen molar-refractivity contribution in [2.75, 3.05) is 31.4 Å². The lowest BCUT2D eigenvalue weighted by molar-refractivity contribution is 0.0594. The normalized spacial score (nSPS) is 11.2. The summed E-state index contributed by atoms with van der Waals surface area (Å²) in [6, 6.07) is 13.9. The van der Waals surface area contributed by atoms with Gasteiger partial charge in [0.1, 0.15) is 17.2 Å². The molecular formula is C29H32N4O5. The van der Waals surface area contributed by atoms with E-state index in [1.165, 1.54) is 7.11 Å². The van der Waals surface area contributed by atoms with Crippen LogP contribution in [0.5, 0.6) is 11.5 Å². The molecule has 1 amide bonds. The summed E-state index contributed by atoms with van der Waals surface area (Å²) in [7, 11) is 1.28. The van der Waals surface area contributed by atoms with Gasteiger partial charge in [0.15, 0.2) is 5.69 Å². The van der Waals surface area contributed by atoms with Gasteiger partial charge < -0.3 is 25.3 Å². The number of esters is 1. The summed E-state index contributed by atoms with van der Waals surface area (Å²) in [5.41, 5.74) is 8.08. The lowest BCUT2D eigenvalue weighted by atomic mass is 10.1. The van der Waals surface area contributed by atoms with E-state index in [0.717, 1.165) is 5.39 Å². The molecule has 9 nitrogen and oxygen atoms in total. The van der Waals surface area contributed by atoms with Crippen molar-refractivity contribution in [2.24, 2.45) is 11.8 Å². The molecular weight excluding hydrogens is 484 g/mol. The van der Waals surface area contributed by atoms with Crippen LogP contribution in [0, 0.1) is 11.8 Å². The molecule has 0 aliphatic heterocycles. The van der Waals surface area contributed by atoms with Crippen LogP contribution in [0.2, 0.25) is 0 Å². The van der Waals surface area contributed by atoms with Crippen LogP contribution < -0.4 is 20.5 Å². The smallest absolute Gasteiger partial charge is 0.356 e. The third-order valence-electron chi connectivity index (χ3n) is 5.65. The second kappa shape index (κ2) is 11.3. The van der Waals surface area contributed by atoms with E-state index in [0.29, 0.717) is 52.5 Å². The number of fused-ring (bicyclic) bond motifs is 2.